The van der Waals surface area contributed by atoms with Crippen LogP contribution in [0.2, 0.25) is 0 Å². The summed E-state index contributed by atoms with van der Waals surface area (Å²) >= 11 is 0. The first-order chi connectivity index (χ1) is 8.17. The van der Waals surface area contributed by atoms with Crippen molar-refractivity contribution < 1.29 is 14.7 Å². The molecule has 2 rings (SSSR count). The quantitative estimate of drug-likeness (QED) is 0.624. The molecule has 0 aliphatic carbocycles. The molecule has 0 radical (unpaired) electrons. The Bertz CT molecular complexity index is 479. The van der Waals surface area contributed by atoms with E-state index >= 15 is 0 Å². The summed E-state index contributed by atoms with van der Waals surface area (Å²) in [5, 5.41) is 13.2. The predicted octanol–water partition coefficient (Wildman–Crippen LogP) is 0.918. The van der Waals surface area contributed by atoms with Crippen LogP contribution < -0.4 is 0 Å². The lowest BCUT2D eigenvalue weighted by Crippen LogP contribution is -2.34. The van der Waals surface area contributed by atoms with Crippen molar-refractivity contribution in [1.29, 1.82) is 0 Å². The Kier molecular flexibility index (Phi) is 2.95. The van der Waals surface area contributed by atoms with Crippen LogP contribution in [0.1, 0.15) is 21.7 Å². The molecule has 6 heteroatoms. The number of aldehydes is 1. The Hall–Kier alpha value is -2.11. The van der Waals surface area contributed by atoms with Crippen molar-refractivity contribution in [1.82, 2.24) is 14.7 Å². The van der Waals surface area contributed by atoms with Gasteiger partial charge in [0, 0.05) is 18.5 Å². The van der Waals surface area contributed by atoms with Gasteiger partial charge in [-0.2, -0.15) is 5.10 Å². The van der Waals surface area contributed by atoms with Crippen LogP contribution >= 0.6 is 0 Å². The zero-order chi connectivity index (χ0) is 12.4. The van der Waals surface area contributed by atoms with Gasteiger partial charge in [0.2, 0.25) is 0 Å². The molecule has 0 saturated heterocycles. The number of aromatic nitrogens is 2. The molecule has 1 aliphatic heterocycles. The molecule has 6 nitrogen and oxygen atoms in total. The van der Waals surface area contributed by atoms with Crippen LogP contribution in [0.3, 0.4) is 0 Å². The van der Waals surface area contributed by atoms with Crippen molar-refractivity contribution in [2.45, 2.75) is 19.5 Å². The van der Waals surface area contributed by atoms with Crippen LogP contribution in [0.15, 0.2) is 12.7 Å². The third kappa shape index (κ3) is 1.93. The summed E-state index contributed by atoms with van der Waals surface area (Å²) in [6, 6.07) is 0. The maximum atomic E-state index is 11.1. The first kappa shape index (κ1) is 11.4. The van der Waals surface area contributed by atoms with Crippen LogP contribution in [-0.4, -0.2) is 38.7 Å². The second kappa shape index (κ2) is 4.40. The zero-order valence-corrected chi connectivity index (χ0v) is 9.30. The zero-order valence-electron chi connectivity index (χ0n) is 9.30. The van der Waals surface area contributed by atoms with Gasteiger partial charge in [0.15, 0.2) is 6.29 Å². The van der Waals surface area contributed by atoms with E-state index in [1.165, 1.54) is 4.90 Å². The lowest BCUT2D eigenvalue weighted by molar-refractivity contribution is 0.111. The van der Waals surface area contributed by atoms with Crippen LogP contribution in [0.4, 0.5) is 4.79 Å². The van der Waals surface area contributed by atoms with Crippen molar-refractivity contribution in [3.63, 3.8) is 0 Å². The highest BCUT2D eigenvalue weighted by Gasteiger charge is 2.26. The van der Waals surface area contributed by atoms with Crippen LogP contribution in [0, 0.1) is 0 Å². The fraction of sp³-hybridized carbons (Fsp3) is 0.364. The summed E-state index contributed by atoms with van der Waals surface area (Å²) in [5.74, 6) is 0. The molecule has 0 saturated carbocycles. The molecule has 1 aromatic heterocycles. The standard InChI is InChI=1S/C11H13N3O3/c1-2-4-14-10(7-15)8-6-13(11(16)17)5-3-9(8)12-14/h2,7H,1,3-6H2,(H,16,17). The molecule has 1 aliphatic rings. The highest BCUT2D eigenvalue weighted by Crippen LogP contribution is 2.21. The number of hydrogen-bond donors (Lipinski definition) is 1. The number of nitrogens with zero attached hydrogens (tertiary/aromatic N) is 3. The van der Waals surface area contributed by atoms with Crippen molar-refractivity contribution in [3.8, 4) is 0 Å². The predicted molar refractivity (Wildman–Crippen MR) is 60.0 cm³/mol. The van der Waals surface area contributed by atoms with E-state index in [0.29, 0.717) is 25.2 Å². The van der Waals surface area contributed by atoms with Gasteiger partial charge >= 0.3 is 6.09 Å². The minimum atomic E-state index is -0.969. The molecular weight excluding hydrogens is 222 g/mol. The van der Waals surface area contributed by atoms with Gasteiger partial charge in [-0.3, -0.25) is 9.48 Å². The third-order valence-electron chi connectivity index (χ3n) is 2.83. The van der Waals surface area contributed by atoms with Gasteiger partial charge in [0.05, 0.1) is 18.8 Å². The molecule has 1 N–H and O–H groups in total. The first-order valence-electron chi connectivity index (χ1n) is 5.30. The summed E-state index contributed by atoms with van der Waals surface area (Å²) in [5.41, 5.74) is 1.98. The van der Waals surface area contributed by atoms with Gasteiger partial charge < -0.3 is 10.0 Å². The summed E-state index contributed by atoms with van der Waals surface area (Å²) in [6.07, 6.45) is 1.96. The van der Waals surface area contributed by atoms with E-state index in [4.69, 9.17) is 5.11 Å². The molecule has 0 atom stereocenters. The molecule has 0 spiro atoms. The second-order valence-corrected chi connectivity index (χ2v) is 3.85. The van der Waals surface area contributed by atoms with Gasteiger partial charge in [-0.25, -0.2) is 4.79 Å². The van der Waals surface area contributed by atoms with E-state index in [1.54, 1.807) is 10.8 Å². The minimum absolute atomic E-state index is 0.232. The monoisotopic (exact) mass is 235 g/mol. The average Bonchev–Trinajstić information content (AvgIpc) is 2.65. The Morgan fingerprint density at radius 1 is 1.59 bits per heavy atom. The van der Waals surface area contributed by atoms with Crippen LogP contribution in [-0.2, 0) is 19.5 Å². The Balaban J connectivity index is 2.38. The van der Waals surface area contributed by atoms with E-state index in [0.717, 1.165) is 17.5 Å². The third-order valence-corrected chi connectivity index (χ3v) is 2.83. The molecule has 1 amide bonds. The number of amides is 1. The molecule has 0 unspecified atom stereocenters. The second-order valence-electron chi connectivity index (χ2n) is 3.85. The Labute approximate surface area is 98.1 Å². The van der Waals surface area contributed by atoms with E-state index in [9.17, 15) is 9.59 Å². The fourth-order valence-electron chi connectivity index (χ4n) is 2.00. The molecule has 0 bridgehead atoms. The maximum absolute atomic E-state index is 11.1. The molecule has 1 aromatic rings. The molecule has 0 fully saturated rings. The summed E-state index contributed by atoms with van der Waals surface area (Å²) in [6.45, 7) is 4.71. The minimum Gasteiger partial charge on any atom is -0.465 e. The van der Waals surface area contributed by atoms with Gasteiger partial charge in [-0.1, -0.05) is 6.08 Å². The van der Waals surface area contributed by atoms with E-state index < -0.39 is 6.09 Å². The fourth-order valence-corrected chi connectivity index (χ4v) is 2.00. The number of allylic oxidation sites excluding steroid dienone is 1. The highest BCUT2D eigenvalue weighted by atomic mass is 16.4. The normalized spacial score (nSPS) is 14.2. The Morgan fingerprint density at radius 2 is 2.35 bits per heavy atom. The maximum Gasteiger partial charge on any atom is 0.407 e. The van der Waals surface area contributed by atoms with Gasteiger partial charge in [-0.05, 0) is 0 Å². The number of carboxylic acid groups (broad SMARTS) is 1. The topological polar surface area (TPSA) is 75.4 Å². The Morgan fingerprint density at radius 3 is 2.94 bits per heavy atom. The molecule has 17 heavy (non-hydrogen) atoms. The summed E-state index contributed by atoms with van der Waals surface area (Å²) in [4.78, 5) is 23.2. The molecule has 0 aromatic carbocycles. The number of rotatable bonds is 3. The summed E-state index contributed by atoms with van der Waals surface area (Å²) < 4.78 is 1.57. The van der Waals surface area contributed by atoms with E-state index in [-0.39, 0.29) is 6.54 Å². The van der Waals surface area contributed by atoms with Crippen molar-refractivity contribution in [3.05, 3.63) is 29.6 Å². The highest BCUT2D eigenvalue weighted by molar-refractivity contribution is 5.76. The summed E-state index contributed by atoms with van der Waals surface area (Å²) in [7, 11) is 0. The smallest absolute Gasteiger partial charge is 0.407 e. The first-order valence-corrected chi connectivity index (χ1v) is 5.30. The number of carbonyl (C=O) groups is 2. The lowest BCUT2D eigenvalue weighted by atomic mass is 10.1. The average molecular weight is 235 g/mol. The number of fused-ring (bicyclic) bond motifs is 1. The van der Waals surface area contributed by atoms with Crippen LogP contribution in [0.5, 0.6) is 0 Å². The van der Waals surface area contributed by atoms with Crippen molar-refractivity contribution >= 4 is 12.4 Å². The molecule has 2 heterocycles. The van der Waals surface area contributed by atoms with Gasteiger partial charge in [0.1, 0.15) is 5.69 Å². The van der Waals surface area contributed by atoms with Gasteiger partial charge in [-0.15, -0.1) is 6.58 Å². The van der Waals surface area contributed by atoms with E-state index in [1.807, 2.05) is 0 Å². The number of carbonyl (C=O) groups excluding carboxylic acids is 1. The SMILES string of the molecule is C=CCn1nc2c(c1C=O)CN(C(=O)O)CC2. The largest absolute Gasteiger partial charge is 0.465 e. The molecular formula is C11H13N3O3. The lowest BCUT2D eigenvalue weighted by Gasteiger charge is -2.23. The van der Waals surface area contributed by atoms with E-state index in [2.05, 4.69) is 11.7 Å². The number of hydrogen-bond acceptors (Lipinski definition) is 3. The van der Waals surface area contributed by atoms with Crippen molar-refractivity contribution in [2.75, 3.05) is 6.54 Å². The van der Waals surface area contributed by atoms with Gasteiger partial charge in [0.25, 0.3) is 0 Å². The van der Waals surface area contributed by atoms with Crippen LogP contribution in [0.25, 0.3) is 0 Å². The molecule has 90 valence electrons. The van der Waals surface area contributed by atoms with Crippen molar-refractivity contribution in [2.24, 2.45) is 0 Å².